The molecule has 0 radical (unpaired) electrons. The molecule has 1 heterocycles. The number of hydrogen-bond acceptors (Lipinski definition) is 3. The third-order valence-corrected chi connectivity index (χ3v) is 2.82. The van der Waals surface area contributed by atoms with Gasteiger partial charge in [-0.2, -0.15) is 0 Å². The number of carbonyl (C=O) groups is 1. The van der Waals surface area contributed by atoms with Gasteiger partial charge in [0.15, 0.2) is 0 Å². The fraction of sp³-hybridized carbons (Fsp3) is 0.538. The average Bonchev–Trinajstić information content (AvgIpc) is 2.28. The van der Waals surface area contributed by atoms with Crippen molar-refractivity contribution in [3.63, 3.8) is 0 Å². The van der Waals surface area contributed by atoms with Gasteiger partial charge in [0, 0.05) is 19.3 Å². The van der Waals surface area contributed by atoms with Crippen LogP contribution in [0.15, 0.2) is 18.3 Å². The first kappa shape index (κ1) is 13.6. The summed E-state index contributed by atoms with van der Waals surface area (Å²) in [5, 5.41) is 8.85. The van der Waals surface area contributed by atoms with E-state index in [4.69, 9.17) is 5.11 Å². The van der Waals surface area contributed by atoms with Crippen molar-refractivity contribution in [3.8, 4) is 0 Å². The Morgan fingerprint density at radius 1 is 1.59 bits per heavy atom. The van der Waals surface area contributed by atoms with Crippen LogP contribution in [-0.2, 0) is 6.54 Å². The second-order valence-electron chi connectivity index (χ2n) is 4.56. The first-order valence-corrected chi connectivity index (χ1v) is 5.89. The average molecular weight is 236 g/mol. The molecule has 1 aromatic heterocycles. The van der Waals surface area contributed by atoms with Crippen LogP contribution >= 0.6 is 0 Å². The number of carboxylic acids is 1. The Labute approximate surface area is 102 Å². The number of nitrogens with zero attached hydrogens (tertiary/aromatic N) is 2. The molecule has 17 heavy (non-hydrogen) atoms. The SMILES string of the molecule is CCC(C)CN(C)Cc1ccnc(C(=O)O)c1. The third kappa shape index (κ3) is 4.53. The molecular weight excluding hydrogens is 216 g/mol. The van der Waals surface area contributed by atoms with E-state index in [2.05, 4.69) is 23.7 Å². The number of pyridine rings is 1. The Hall–Kier alpha value is -1.42. The molecule has 0 aliphatic rings. The van der Waals surface area contributed by atoms with Crippen LogP contribution in [0, 0.1) is 5.92 Å². The molecule has 4 nitrogen and oxygen atoms in total. The van der Waals surface area contributed by atoms with Crippen LogP contribution in [0.5, 0.6) is 0 Å². The largest absolute Gasteiger partial charge is 0.477 e. The van der Waals surface area contributed by atoms with E-state index in [1.807, 2.05) is 13.1 Å². The topological polar surface area (TPSA) is 53.4 Å². The highest BCUT2D eigenvalue weighted by atomic mass is 16.4. The molecule has 0 saturated carbocycles. The van der Waals surface area contributed by atoms with E-state index >= 15 is 0 Å². The van der Waals surface area contributed by atoms with Gasteiger partial charge in [-0.05, 0) is 30.7 Å². The van der Waals surface area contributed by atoms with Crippen molar-refractivity contribution < 1.29 is 9.90 Å². The van der Waals surface area contributed by atoms with E-state index in [1.165, 1.54) is 0 Å². The van der Waals surface area contributed by atoms with Gasteiger partial charge in [0.25, 0.3) is 0 Å². The van der Waals surface area contributed by atoms with Gasteiger partial charge in [0.2, 0.25) is 0 Å². The normalized spacial score (nSPS) is 12.7. The lowest BCUT2D eigenvalue weighted by molar-refractivity contribution is 0.0690. The predicted molar refractivity (Wildman–Crippen MR) is 67.0 cm³/mol. The summed E-state index contributed by atoms with van der Waals surface area (Å²) < 4.78 is 0. The van der Waals surface area contributed by atoms with E-state index < -0.39 is 5.97 Å². The van der Waals surface area contributed by atoms with Gasteiger partial charge in [-0.15, -0.1) is 0 Å². The van der Waals surface area contributed by atoms with Crippen molar-refractivity contribution in [1.82, 2.24) is 9.88 Å². The standard InChI is InChI=1S/C13H20N2O2/c1-4-10(2)8-15(3)9-11-5-6-14-12(7-11)13(16)17/h5-7,10H,4,8-9H2,1-3H3,(H,16,17). The van der Waals surface area contributed by atoms with Crippen molar-refractivity contribution in [1.29, 1.82) is 0 Å². The van der Waals surface area contributed by atoms with E-state index in [0.29, 0.717) is 5.92 Å². The Kier molecular flexibility index (Phi) is 5.10. The monoisotopic (exact) mass is 236 g/mol. The molecule has 0 saturated heterocycles. The zero-order valence-electron chi connectivity index (χ0n) is 10.7. The maximum Gasteiger partial charge on any atom is 0.354 e. The summed E-state index contributed by atoms with van der Waals surface area (Å²) in [4.78, 5) is 16.8. The molecule has 0 aliphatic heterocycles. The van der Waals surface area contributed by atoms with Crippen LogP contribution < -0.4 is 0 Å². The Bertz CT molecular complexity index is 379. The van der Waals surface area contributed by atoms with E-state index in [0.717, 1.165) is 25.1 Å². The summed E-state index contributed by atoms with van der Waals surface area (Å²) >= 11 is 0. The lowest BCUT2D eigenvalue weighted by atomic mass is 10.1. The van der Waals surface area contributed by atoms with Crippen molar-refractivity contribution >= 4 is 5.97 Å². The smallest absolute Gasteiger partial charge is 0.354 e. The van der Waals surface area contributed by atoms with Crippen LogP contribution in [0.25, 0.3) is 0 Å². The first-order valence-electron chi connectivity index (χ1n) is 5.89. The minimum Gasteiger partial charge on any atom is -0.477 e. The minimum absolute atomic E-state index is 0.111. The van der Waals surface area contributed by atoms with Crippen LogP contribution in [-0.4, -0.2) is 34.6 Å². The minimum atomic E-state index is -0.976. The molecular formula is C13H20N2O2. The van der Waals surface area contributed by atoms with Crippen molar-refractivity contribution in [2.75, 3.05) is 13.6 Å². The van der Waals surface area contributed by atoms with E-state index in [9.17, 15) is 4.79 Å². The van der Waals surface area contributed by atoms with Crippen molar-refractivity contribution in [3.05, 3.63) is 29.6 Å². The molecule has 4 heteroatoms. The lowest BCUT2D eigenvalue weighted by Gasteiger charge is -2.20. The van der Waals surface area contributed by atoms with Gasteiger partial charge in [-0.3, -0.25) is 0 Å². The van der Waals surface area contributed by atoms with Crippen molar-refractivity contribution in [2.24, 2.45) is 5.92 Å². The highest BCUT2D eigenvalue weighted by molar-refractivity contribution is 5.85. The van der Waals surface area contributed by atoms with Gasteiger partial charge in [0.1, 0.15) is 5.69 Å². The molecule has 0 spiro atoms. The Morgan fingerprint density at radius 2 is 2.29 bits per heavy atom. The number of aromatic carboxylic acids is 1. The number of hydrogen-bond donors (Lipinski definition) is 1. The van der Waals surface area contributed by atoms with Gasteiger partial charge >= 0.3 is 5.97 Å². The molecule has 0 bridgehead atoms. The number of aromatic nitrogens is 1. The van der Waals surface area contributed by atoms with Gasteiger partial charge in [-0.1, -0.05) is 20.3 Å². The second-order valence-corrected chi connectivity index (χ2v) is 4.56. The molecule has 0 amide bonds. The van der Waals surface area contributed by atoms with Crippen LogP contribution in [0.2, 0.25) is 0 Å². The molecule has 1 atom stereocenters. The zero-order chi connectivity index (χ0) is 12.8. The van der Waals surface area contributed by atoms with Gasteiger partial charge in [0.05, 0.1) is 0 Å². The summed E-state index contributed by atoms with van der Waals surface area (Å²) in [5.41, 5.74) is 1.10. The fourth-order valence-electron chi connectivity index (χ4n) is 1.73. The van der Waals surface area contributed by atoms with E-state index in [-0.39, 0.29) is 5.69 Å². The Morgan fingerprint density at radius 3 is 2.88 bits per heavy atom. The zero-order valence-corrected chi connectivity index (χ0v) is 10.7. The maximum absolute atomic E-state index is 10.8. The van der Waals surface area contributed by atoms with Gasteiger partial charge in [-0.25, -0.2) is 9.78 Å². The molecule has 1 N–H and O–H groups in total. The summed E-state index contributed by atoms with van der Waals surface area (Å²) in [6.07, 6.45) is 2.71. The molecule has 1 unspecified atom stereocenters. The quantitative estimate of drug-likeness (QED) is 0.823. The molecule has 1 rings (SSSR count). The second kappa shape index (κ2) is 6.35. The van der Waals surface area contributed by atoms with Crippen LogP contribution in [0.1, 0.15) is 36.3 Å². The van der Waals surface area contributed by atoms with Crippen LogP contribution in [0.4, 0.5) is 0 Å². The lowest BCUT2D eigenvalue weighted by Crippen LogP contribution is -2.23. The molecule has 0 aliphatic carbocycles. The molecule has 94 valence electrons. The molecule has 0 aromatic carbocycles. The summed E-state index contributed by atoms with van der Waals surface area (Å²) in [6, 6.07) is 3.50. The number of carboxylic acid groups (broad SMARTS) is 1. The summed E-state index contributed by atoms with van der Waals surface area (Å²) in [7, 11) is 2.05. The summed E-state index contributed by atoms with van der Waals surface area (Å²) in [5.74, 6) is -0.322. The van der Waals surface area contributed by atoms with E-state index in [1.54, 1.807) is 12.3 Å². The number of rotatable bonds is 6. The Balaban J connectivity index is 2.62. The van der Waals surface area contributed by atoms with Gasteiger partial charge < -0.3 is 10.0 Å². The summed E-state index contributed by atoms with van der Waals surface area (Å²) in [6.45, 7) is 6.16. The third-order valence-electron chi connectivity index (χ3n) is 2.82. The fourth-order valence-corrected chi connectivity index (χ4v) is 1.73. The highest BCUT2D eigenvalue weighted by Gasteiger charge is 2.08. The molecule has 0 fully saturated rings. The predicted octanol–water partition coefficient (Wildman–Crippen LogP) is 2.26. The highest BCUT2D eigenvalue weighted by Crippen LogP contribution is 2.08. The van der Waals surface area contributed by atoms with Crippen molar-refractivity contribution in [2.45, 2.75) is 26.8 Å². The van der Waals surface area contributed by atoms with Crippen LogP contribution in [0.3, 0.4) is 0 Å². The first-order chi connectivity index (χ1) is 8.02. The maximum atomic E-state index is 10.8. The molecule has 1 aromatic rings.